The van der Waals surface area contributed by atoms with E-state index in [1.165, 1.54) is 0 Å². The van der Waals surface area contributed by atoms with Crippen LogP contribution < -0.4 is 5.32 Å². The van der Waals surface area contributed by atoms with Gasteiger partial charge in [-0.05, 0) is 31.8 Å². The Morgan fingerprint density at radius 1 is 1.38 bits per heavy atom. The summed E-state index contributed by atoms with van der Waals surface area (Å²) >= 11 is 0. The number of Topliss-reactive ketones (excluding diaryl/α,β-unsaturated/α-hetero) is 1. The Balaban J connectivity index is 2.15. The SMILES string of the molecule is CCS(=O)(=O)CCC(=O)CCC1CCNC1. The summed E-state index contributed by atoms with van der Waals surface area (Å²) in [7, 11) is -2.99. The highest BCUT2D eigenvalue weighted by Crippen LogP contribution is 2.15. The number of ketones is 1. The van der Waals surface area contributed by atoms with Crippen LogP contribution in [0, 0.1) is 5.92 Å². The van der Waals surface area contributed by atoms with Gasteiger partial charge in [0.05, 0.1) is 5.75 Å². The normalized spacial score (nSPS) is 21.2. The maximum absolute atomic E-state index is 11.5. The van der Waals surface area contributed by atoms with Gasteiger partial charge >= 0.3 is 0 Å². The number of carbonyl (C=O) groups excluding carboxylic acids is 1. The quantitative estimate of drug-likeness (QED) is 0.722. The molecule has 1 aliphatic rings. The minimum Gasteiger partial charge on any atom is -0.316 e. The van der Waals surface area contributed by atoms with Gasteiger partial charge in [-0.3, -0.25) is 4.79 Å². The van der Waals surface area contributed by atoms with Crippen molar-refractivity contribution in [3.63, 3.8) is 0 Å². The van der Waals surface area contributed by atoms with E-state index in [1.54, 1.807) is 6.92 Å². The summed E-state index contributed by atoms with van der Waals surface area (Å²) < 4.78 is 22.4. The molecule has 94 valence electrons. The van der Waals surface area contributed by atoms with Crippen molar-refractivity contribution in [1.82, 2.24) is 5.32 Å². The molecule has 4 nitrogen and oxygen atoms in total. The van der Waals surface area contributed by atoms with E-state index >= 15 is 0 Å². The zero-order chi connectivity index (χ0) is 12.0. The molecule has 0 radical (unpaired) electrons. The first-order valence-corrected chi connectivity index (χ1v) is 7.78. The molecule has 0 aromatic heterocycles. The van der Waals surface area contributed by atoms with E-state index in [1.807, 2.05) is 0 Å². The third kappa shape index (κ3) is 5.07. The van der Waals surface area contributed by atoms with Crippen LogP contribution in [0.3, 0.4) is 0 Å². The molecule has 1 saturated heterocycles. The standard InChI is InChI=1S/C11H21NO3S/c1-2-16(14,15)8-6-11(13)4-3-10-5-7-12-9-10/h10,12H,2-9H2,1H3. The lowest BCUT2D eigenvalue weighted by Crippen LogP contribution is -2.14. The van der Waals surface area contributed by atoms with E-state index in [0.717, 1.165) is 25.9 Å². The molecule has 0 aromatic rings. The molecule has 1 fully saturated rings. The molecule has 0 aromatic carbocycles. The van der Waals surface area contributed by atoms with Gasteiger partial charge in [-0.2, -0.15) is 0 Å². The van der Waals surface area contributed by atoms with Crippen molar-refractivity contribution in [2.24, 2.45) is 5.92 Å². The lowest BCUT2D eigenvalue weighted by atomic mass is 10.0. The number of carbonyl (C=O) groups is 1. The van der Waals surface area contributed by atoms with Crippen molar-refractivity contribution in [2.75, 3.05) is 24.6 Å². The lowest BCUT2D eigenvalue weighted by molar-refractivity contribution is -0.118. The maximum Gasteiger partial charge on any atom is 0.150 e. The van der Waals surface area contributed by atoms with Crippen LogP contribution in [-0.4, -0.2) is 38.8 Å². The molecule has 5 heteroatoms. The van der Waals surface area contributed by atoms with Crippen molar-refractivity contribution < 1.29 is 13.2 Å². The first-order valence-electron chi connectivity index (χ1n) is 5.96. The van der Waals surface area contributed by atoms with Gasteiger partial charge in [0.15, 0.2) is 0 Å². The van der Waals surface area contributed by atoms with Gasteiger partial charge in [0, 0.05) is 18.6 Å². The molecule has 1 N–H and O–H groups in total. The van der Waals surface area contributed by atoms with Crippen LogP contribution in [0.5, 0.6) is 0 Å². The van der Waals surface area contributed by atoms with E-state index in [-0.39, 0.29) is 23.7 Å². The van der Waals surface area contributed by atoms with E-state index in [2.05, 4.69) is 5.32 Å². The Labute approximate surface area is 97.7 Å². The number of nitrogens with one attached hydrogen (secondary N) is 1. The topological polar surface area (TPSA) is 63.2 Å². The van der Waals surface area contributed by atoms with Gasteiger partial charge in [-0.25, -0.2) is 8.42 Å². The molecular formula is C11H21NO3S. The predicted molar refractivity (Wildman–Crippen MR) is 64.2 cm³/mol. The molecule has 0 spiro atoms. The summed E-state index contributed by atoms with van der Waals surface area (Å²) in [5.74, 6) is 0.841. The highest BCUT2D eigenvalue weighted by molar-refractivity contribution is 7.91. The average molecular weight is 247 g/mol. The second kappa shape index (κ2) is 6.35. The third-order valence-corrected chi connectivity index (χ3v) is 4.83. The van der Waals surface area contributed by atoms with E-state index in [0.29, 0.717) is 12.3 Å². The Morgan fingerprint density at radius 2 is 2.12 bits per heavy atom. The number of hydrogen-bond acceptors (Lipinski definition) is 4. The molecule has 1 unspecified atom stereocenters. The number of hydrogen-bond donors (Lipinski definition) is 1. The molecule has 16 heavy (non-hydrogen) atoms. The smallest absolute Gasteiger partial charge is 0.150 e. The summed E-state index contributed by atoms with van der Waals surface area (Å²) in [6.07, 6.45) is 2.76. The largest absolute Gasteiger partial charge is 0.316 e. The van der Waals surface area contributed by atoms with Crippen molar-refractivity contribution in [1.29, 1.82) is 0 Å². The first kappa shape index (κ1) is 13.6. The summed E-state index contributed by atoms with van der Waals surface area (Å²) in [6, 6.07) is 0. The Hall–Kier alpha value is -0.420. The Bertz CT molecular complexity index is 318. The van der Waals surface area contributed by atoms with Gasteiger partial charge in [0.2, 0.25) is 0 Å². The molecule has 1 atom stereocenters. The number of sulfone groups is 1. The van der Waals surface area contributed by atoms with Crippen LogP contribution in [0.2, 0.25) is 0 Å². The summed E-state index contributed by atoms with van der Waals surface area (Å²) in [5.41, 5.74) is 0. The summed E-state index contributed by atoms with van der Waals surface area (Å²) in [5, 5.41) is 3.25. The molecule has 0 saturated carbocycles. The fourth-order valence-corrected chi connectivity index (χ4v) is 2.69. The van der Waals surface area contributed by atoms with Crippen LogP contribution in [-0.2, 0) is 14.6 Å². The van der Waals surface area contributed by atoms with Crippen LogP contribution in [0.1, 0.15) is 32.6 Å². The minimum absolute atomic E-state index is 0.0191. The van der Waals surface area contributed by atoms with Crippen LogP contribution in [0.25, 0.3) is 0 Å². The highest BCUT2D eigenvalue weighted by atomic mass is 32.2. The van der Waals surface area contributed by atoms with Crippen molar-refractivity contribution >= 4 is 15.6 Å². The van der Waals surface area contributed by atoms with Crippen LogP contribution in [0.15, 0.2) is 0 Å². The van der Waals surface area contributed by atoms with Gasteiger partial charge in [0.1, 0.15) is 15.6 Å². The molecule has 0 aliphatic carbocycles. The first-order chi connectivity index (χ1) is 7.53. The van der Waals surface area contributed by atoms with E-state index in [4.69, 9.17) is 0 Å². The second-order valence-electron chi connectivity index (χ2n) is 4.42. The van der Waals surface area contributed by atoms with Crippen LogP contribution >= 0.6 is 0 Å². The Kier molecular flexibility index (Phi) is 5.41. The van der Waals surface area contributed by atoms with Crippen LogP contribution in [0.4, 0.5) is 0 Å². The average Bonchev–Trinajstić information content (AvgIpc) is 2.76. The maximum atomic E-state index is 11.5. The minimum atomic E-state index is -2.99. The summed E-state index contributed by atoms with van der Waals surface area (Å²) in [4.78, 5) is 11.5. The van der Waals surface area contributed by atoms with Crippen molar-refractivity contribution in [3.05, 3.63) is 0 Å². The molecule has 1 heterocycles. The van der Waals surface area contributed by atoms with Gasteiger partial charge in [-0.1, -0.05) is 6.92 Å². The van der Waals surface area contributed by atoms with Crippen molar-refractivity contribution in [3.8, 4) is 0 Å². The van der Waals surface area contributed by atoms with E-state index in [9.17, 15) is 13.2 Å². The van der Waals surface area contributed by atoms with Gasteiger partial charge < -0.3 is 5.32 Å². The molecule has 0 bridgehead atoms. The molecule has 1 aliphatic heterocycles. The van der Waals surface area contributed by atoms with Gasteiger partial charge in [0.25, 0.3) is 0 Å². The number of rotatable bonds is 7. The van der Waals surface area contributed by atoms with Crippen molar-refractivity contribution in [2.45, 2.75) is 32.6 Å². The monoisotopic (exact) mass is 247 g/mol. The fraction of sp³-hybridized carbons (Fsp3) is 0.909. The zero-order valence-electron chi connectivity index (χ0n) is 9.87. The highest BCUT2D eigenvalue weighted by Gasteiger charge is 2.16. The zero-order valence-corrected chi connectivity index (χ0v) is 10.7. The second-order valence-corrected chi connectivity index (χ2v) is 6.90. The third-order valence-electron chi connectivity index (χ3n) is 3.13. The lowest BCUT2D eigenvalue weighted by Gasteiger charge is -2.06. The van der Waals surface area contributed by atoms with Gasteiger partial charge in [-0.15, -0.1) is 0 Å². The Morgan fingerprint density at radius 3 is 2.69 bits per heavy atom. The summed E-state index contributed by atoms with van der Waals surface area (Å²) in [6.45, 7) is 3.66. The molecule has 0 amide bonds. The fourth-order valence-electron chi connectivity index (χ4n) is 1.86. The van der Waals surface area contributed by atoms with E-state index < -0.39 is 9.84 Å². The predicted octanol–water partition coefficient (Wildman–Crippen LogP) is 0.770. The molecular weight excluding hydrogens is 226 g/mol. The molecule has 1 rings (SSSR count).